The molecule has 0 radical (unpaired) electrons. The van der Waals surface area contributed by atoms with Crippen LogP contribution in [0.3, 0.4) is 0 Å². The van der Waals surface area contributed by atoms with E-state index in [-0.39, 0.29) is 12.4 Å². The zero-order chi connectivity index (χ0) is 13.0. The van der Waals surface area contributed by atoms with Crippen molar-refractivity contribution in [3.8, 4) is 0 Å². The lowest BCUT2D eigenvalue weighted by Gasteiger charge is -2.35. The van der Waals surface area contributed by atoms with Gasteiger partial charge in [0.15, 0.2) is 0 Å². The van der Waals surface area contributed by atoms with Crippen LogP contribution < -0.4 is 4.90 Å². The smallest absolute Gasteiger partial charge is 0.128 e. The minimum Gasteiger partial charge on any atom is -0.369 e. The monoisotopic (exact) mass is 290 g/mol. The van der Waals surface area contributed by atoms with E-state index in [1.54, 1.807) is 0 Å². The topological polar surface area (TPSA) is 23.6 Å². The van der Waals surface area contributed by atoms with Crippen molar-refractivity contribution in [2.75, 3.05) is 37.6 Å². The highest BCUT2D eigenvalue weighted by atomic mass is 35.5. The number of nitrogens with zero attached hydrogens (tertiary/aromatic N) is 2. The molecule has 0 aliphatic carbocycles. The van der Waals surface area contributed by atoms with Crippen molar-refractivity contribution in [1.82, 2.24) is 4.90 Å². The lowest BCUT2D eigenvalue weighted by molar-refractivity contribution is -0.108. The Morgan fingerprint density at radius 3 is 2.16 bits per heavy atom. The van der Waals surface area contributed by atoms with E-state index in [0.29, 0.717) is 12.1 Å². The predicted molar refractivity (Wildman–Crippen MR) is 72.9 cm³/mol. The van der Waals surface area contributed by atoms with E-state index in [1.165, 1.54) is 12.1 Å². The number of carbonyl (C=O) groups is 1. The maximum absolute atomic E-state index is 13.1. The Kier molecular flexibility index (Phi) is 6.18. The first-order valence-electron chi connectivity index (χ1n) is 6.06. The van der Waals surface area contributed by atoms with Gasteiger partial charge in [0.25, 0.3) is 0 Å². The van der Waals surface area contributed by atoms with Gasteiger partial charge in [0, 0.05) is 50.9 Å². The first kappa shape index (κ1) is 15.9. The molecule has 19 heavy (non-hydrogen) atoms. The third kappa shape index (κ3) is 4.44. The molecule has 1 aromatic rings. The average Bonchev–Trinajstić information content (AvgIpc) is 2.36. The molecule has 0 spiro atoms. The summed E-state index contributed by atoms with van der Waals surface area (Å²) in [6.07, 6.45) is 1.45. The molecule has 6 heteroatoms. The van der Waals surface area contributed by atoms with Crippen LogP contribution in [0.2, 0.25) is 0 Å². The molecular weight excluding hydrogens is 274 g/mol. The molecule has 1 aliphatic rings. The SMILES string of the molecule is Cl.O=CCCN1CCN(c2cc(F)cc(F)c2)CC1. The molecule has 106 valence electrons. The van der Waals surface area contributed by atoms with E-state index in [2.05, 4.69) is 4.90 Å². The van der Waals surface area contributed by atoms with Crippen molar-refractivity contribution in [2.24, 2.45) is 0 Å². The number of aldehydes is 1. The number of anilines is 1. The van der Waals surface area contributed by atoms with Gasteiger partial charge in [0.05, 0.1) is 0 Å². The number of rotatable bonds is 4. The second-order valence-electron chi connectivity index (χ2n) is 4.41. The fourth-order valence-corrected chi connectivity index (χ4v) is 2.19. The highest BCUT2D eigenvalue weighted by Crippen LogP contribution is 2.19. The van der Waals surface area contributed by atoms with Gasteiger partial charge in [-0.25, -0.2) is 8.78 Å². The zero-order valence-corrected chi connectivity index (χ0v) is 11.3. The third-order valence-corrected chi connectivity index (χ3v) is 3.15. The largest absolute Gasteiger partial charge is 0.369 e. The van der Waals surface area contributed by atoms with Crippen LogP contribution in [0.5, 0.6) is 0 Å². The maximum Gasteiger partial charge on any atom is 0.128 e. The standard InChI is InChI=1S/C13H16F2N2O.ClH/c14-11-8-12(15)10-13(9-11)17-5-3-16(4-6-17)2-1-7-18;/h7-10H,1-6H2;1H. The number of hydrogen-bond donors (Lipinski definition) is 0. The number of benzene rings is 1. The first-order valence-corrected chi connectivity index (χ1v) is 6.06. The normalized spacial score (nSPS) is 16.0. The molecule has 1 saturated heterocycles. The fraction of sp³-hybridized carbons (Fsp3) is 0.462. The molecule has 0 bridgehead atoms. The highest BCUT2D eigenvalue weighted by molar-refractivity contribution is 5.85. The molecule has 3 nitrogen and oxygen atoms in total. The van der Waals surface area contributed by atoms with Crippen LogP contribution in [0.15, 0.2) is 18.2 Å². The first-order chi connectivity index (χ1) is 8.69. The summed E-state index contributed by atoms with van der Waals surface area (Å²) in [6.45, 7) is 3.83. The summed E-state index contributed by atoms with van der Waals surface area (Å²) in [6, 6.07) is 3.58. The summed E-state index contributed by atoms with van der Waals surface area (Å²) in [5, 5.41) is 0. The van der Waals surface area contributed by atoms with Gasteiger partial charge in [0.1, 0.15) is 17.9 Å². The van der Waals surface area contributed by atoms with Crippen molar-refractivity contribution in [2.45, 2.75) is 6.42 Å². The van der Waals surface area contributed by atoms with Crippen LogP contribution in [-0.4, -0.2) is 43.9 Å². The Labute approximate surface area is 117 Å². The lowest BCUT2D eigenvalue weighted by atomic mass is 10.2. The van der Waals surface area contributed by atoms with Crippen molar-refractivity contribution in [3.63, 3.8) is 0 Å². The summed E-state index contributed by atoms with van der Waals surface area (Å²) in [4.78, 5) is 14.4. The fourth-order valence-electron chi connectivity index (χ4n) is 2.19. The van der Waals surface area contributed by atoms with Gasteiger partial charge in [-0.3, -0.25) is 4.90 Å². The molecule has 0 saturated carbocycles. The average molecular weight is 291 g/mol. The van der Waals surface area contributed by atoms with Crippen molar-refractivity contribution >= 4 is 24.4 Å². The van der Waals surface area contributed by atoms with Crippen molar-refractivity contribution < 1.29 is 13.6 Å². The molecule has 1 fully saturated rings. The van der Waals surface area contributed by atoms with Crippen LogP contribution in [0, 0.1) is 11.6 Å². The molecule has 0 aromatic heterocycles. The summed E-state index contributed by atoms with van der Waals surface area (Å²) in [7, 11) is 0. The lowest BCUT2D eigenvalue weighted by Crippen LogP contribution is -2.46. The Morgan fingerprint density at radius 1 is 1.05 bits per heavy atom. The molecule has 0 N–H and O–H groups in total. The summed E-state index contributed by atoms with van der Waals surface area (Å²) < 4.78 is 26.2. The molecule has 0 atom stereocenters. The Bertz CT molecular complexity index is 403. The van der Waals surface area contributed by atoms with E-state index in [9.17, 15) is 13.6 Å². The van der Waals surface area contributed by atoms with Crippen LogP contribution in [-0.2, 0) is 4.79 Å². The summed E-state index contributed by atoms with van der Waals surface area (Å²) >= 11 is 0. The van der Waals surface area contributed by atoms with Crippen LogP contribution in [0.4, 0.5) is 14.5 Å². The second-order valence-corrected chi connectivity index (χ2v) is 4.41. The van der Waals surface area contributed by atoms with E-state index in [0.717, 1.165) is 45.1 Å². The number of piperazine rings is 1. The van der Waals surface area contributed by atoms with Gasteiger partial charge in [-0.15, -0.1) is 12.4 Å². The highest BCUT2D eigenvalue weighted by Gasteiger charge is 2.17. The second kappa shape index (κ2) is 7.40. The molecule has 2 rings (SSSR count). The number of halogens is 3. The Morgan fingerprint density at radius 2 is 1.63 bits per heavy atom. The molecule has 0 unspecified atom stereocenters. The Balaban J connectivity index is 0.00000180. The van der Waals surface area contributed by atoms with Crippen LogP contribution in [0.1, 0.15) is 6.42 Å². The van der Waals surface area contributed by atoms with Gasteiger partial charge in [-0.2, -0.15) is 0 Å². The zero-order valence-electron chi connectivity index (χ0n) is 10.5. The van der Waals surface area contributed by atoms with Crippen LogP contribution >= 0.6 is 12.4 Å². The minimum absolute atomic E-state index is 0. The van der Waals surface area contributed by atoms with E-state index in [1.807, 2.05) is 4.90 Å². The van der Waals surface area contributed by atoms with E-state index < -0.39 is 11.6 Å². The summed E-state index contributed by atoms with van der Waals surface area (Å²) in [5.41, 5.74) is 0.586. The minimum atomic E-state index is -0.548. The maximum atomic E-state index is 13.1. The van der Waals surface area contributed by atoms with E-state index >= 15 is 0 Å². The van der Waals surface area contributed by atoms with Gasteiger partial charge in [0.2, 0.25) is 0 Å². The van der Waals surface area contributed by atoms with Gasteiger partial charge >= 0.3 is 0 Å². The van der Waals surface area contributed by atoms with Gasteiger partial charge in [-0.1, -0.05) is 0 Å². The van der Waals surface area contributed by atoms with E-state index in [4.69, 9.17) is 0 Å². The van der Waals surface area contributed by atoms with Gasteiger partial charge in [-0.05, 0) is 12.1 Å². The Hall–Kier alpha value is -1.20. The molecule has 1 aliphatic heterocycles. The molecular formula is C13H17ClF2N2O. The number of carbonyl (C=O) groups excluding carboxylic acids is 1. The van der Waals surface area contributed by atoms with Gasteiger partial charge < -0.3 is 9.69 Å². The van der Waals surface area contributed by atoms with Crippen molar-refractivity contribution in [3.05, 3.63) is 29.8 Å². The van der Waals surface area contributed by atoms with Crippen LogP contribution in [0.25, 0.3) is 0 Å². The van der Waals surface area contributed by atoms with Crippen molar-refractivity contribution in [1.29, 1.82) is 0 Å². The summed E-state index contributed by atoms with van der Waals surface area (Å²) in [5.74, 6) is -1.10. The molecule has 1 aromatic carbocycles. The molecule has 1 heterocycles. The predicted octanol–water partition coefficient (Wildman–Crippen LogP) is 2.10. The molecule has 0 amide bonds. The third-order valence-electron chi connectivity index (χ3n) is 3.15. The number of hydrogen-bond acceptors (Lipinski definition) is 3. The quantitative estimate of drug-likeness (QED) is 0.794.